The summed E-state index contributed by atoms with van der Waals surface area (Å²) >= 11 is 0. The van der Waals surface area contributed by atoms with Gasteiger partial charge in [-0.3, -0.25) is 0 Å². The number of piperazine rings is 1. The van der Waals surface area contributed by atoms with Gasteiger partial charge in [0.25, 0.3) is 0 Å². The fraction of sp³-hybridized carbons (Fsp3) is 0.400. The smallest absolute Gasteiger partial charge is 0.137 e. The van der Waals surface area contributed by atoms with Crippen LogP contribution in [-0.2, 0) is 11.2 Å². The predicted octanol–water partition coefficient (Wildman–Crippen LogP) is 5.47. The van der Waals surface area contributed by atoms with Crippen LogP contribution in [0.25, 0.3) is 22.0 Å². The van der Waals surface area contributed by atoms with E-state index in [1.54, 1.807) is 7.11 Å². The quantitative estimate of drug-likeness (QED) is 0.436. The molecule has 168 valence electrons. The molecule has 1 saturated heterocycles. The van der Waals surface area contributed by atoms with Gasteiger partial charge >= 0.3 is 0 Å². The van der Waals surface area contributed by atoms with Gasteiger partial charge in [-0.05, 0) is 36.4 Å². The van der Waals surface area contributed by atoms with E-state index in [0.29, 0.717) is 0 Å². The number of hydrogen-bond acceptors (Lipinski definition) is 4. The van der Waals surface area contributed by atoms with Crippen molar-refractivity contribution >= 4 is 41.4 Å². The second-order valence-electron chi connectivity index (χ2n) is 7.77. The topological polar surface area (TPSA) is 28.6 Å². The molecule has 1 aromatic heterocycles. The first-order chi connectivity index (χ1) is 14.3. The molecule has 0 bridgehead atoms. The maximum absolute atomic E-state index is 5.16. The summed E-state index contributed by atoms with van der Waals surface area (Å²) in [4.78, 5) is 10.1. The average Bonchev–Trinajstić information content (AvgIpc) is 2.79. The molecule has 0 amide bonds. The minimum atomic E-state index is 0. The Kier molecular flexibility index (Phi) is 10.0. The summed E-state index contributed by atoms with van der Waals surface area (Å²) in [7, 11) is 1.76. The average molecular weight is 462 g/mol. The Morgan fingerprint density at radius 2 is 1.65 bits per heavy atom. The van der Waals surface area contributed by atoms with Crippen LogP contribution in [0.5, 0.6) is 0 Å². The minimum absolute atomic E-state index is 0. The number of anilines is 1. The molecule has 2 aromatic carbocycles. The summed E-state index contributed by atoms with van der Waals surface area (Å²) in [5.74, 6) is 1.12. The number of aryl methyl sites for hydroxylation is 1. The number of pyridine rings is 1. The number of hydrogen-bond donors (Lipinski definition) is 0. The predicted molar refractivity (Wildman–Crippen MR) is 136 cm³/mol. The highest BCUT2D eigenvalue weighted by atomic mass is 35.5. The molecule has 4 nitrogen and oxygen atoms in total. The summed E-state index contributed by atoms with van der Waals surface area (Å²) in [6.45, 7) is 8.45. The third-order valence-electron chi connectivity index (χ3n) is 5.90. The van der Waals surface area contributed by atoms with Crippen LogP contribution in [0.15, 0.2) is 54.6 Å². The van der Waals surface area contributed by atoms with Crippen molar-refractivity contribution in [2.45, 2.75) is 19.8 Å². The maximum atomic E-state index is 5.16. The molecule has 4 rings (SSSR count). The Morgan fingerprint density at radius 1 is 0.935 bits per heavy atom. The summed E-state index contributed by atoms with van der Waals surface area (Å²) in [5.41, 5.74) is 3.59. The number of ether oxygens (including phenoxy) is 1. The molecule has 0 radical (unpaired) electrons. The van der Waals surface area contributed by atoms with Gasteiger partial charge in [-0.25, -0.2) is 4.98 Å². The first kappa shape index (κ1) is 25.4. The molecule has 31 heavy (non-hydrogen) atoms. The number of nitrogens with zero attached hydrogens (tertiary/aromatic N) is 3. The molecule has 0 saturated carbocycles. The molecule has 1 aliphatic heterocycles. The van der Waals surface area contributed by atoms with Gasteiger partial charge in [-0.1, -0.05) is 55.5 Å². The van der Waals surface area contributed by atoms with Gasteiger partial charge in [0.15, 0.2) is 0 Å². The van der Waals surface area contributed by atoms with Crippen molar-refractivity contribution in [3.8, 4) is 11.3 Å². The van der Waals surface area contributed by atoms with E-state index in [-0.39, 0.29) is 24.8 Å². The van der Waals surface area contributed by atoms with Crippen molar-refractivity contribution in [3.63, 3.8) is 0 Å². The number of methoxy groups -OCH3 is 1. The van der Waals surface area contributed by atoms with Crippen LogP contribution in [0, 0.1) is 0 Å². The van der Waals surface area contributed by atoms with Crippen molar-refractivity contribution in [1.82, 2.24) is 9.88 Å². The second-order valence-corrected chi connectivity index (χ2v) is 7.77. The molecule has 0 atom stereocenters. The van der Waals surface area contributed by atoms with Crippen LogP contribution in [0.2, 0.25) is 0 Å². The van der Waals surface area contributed by atoms with E-state index in [1.807, 2.05) is 0 Å². The van der Waals surface area contributed by atoms with E-state index >= 15 is 0 Å². The zero-order chi connectivity index (χ0) is 20.1. The normalized spacial score (nSPS) is 14.2. The number of aromatic nitrogens is 1. The van der Waals surface area contributed by atoms with Gasteiger partial charge in [0.2, 0.25) is 0 Å². The van der Waals surface area contributed by atoms with E-state index in [0.717, 1.165) is 63.7 Å². The molecule has 1 aliphatic rings. The zero-order valence-corrected chi connectivity index (χ0v) is 20.1. The van der Waals surface area contributed by atoms with Gasteiger partial charge in [0, 0.05) is 50.8 Å². The van der Waals surface area contributed by atoms with Crippen LogP contribution in [0.4, 0.5) is 5.82 Å². The highest BCUT2D eigenvalue weighted by molar-refractivity contribution is 5.95. The Labute approximate surface area is 198 Å². The van der Waals surface area contributed by atoms with E-state index in [1.165, 1.54) is 21.9 Å². The lowest BCUT2D eigenvalue weighted by atomic mass is 10.0. The molecule has 0 aliphatic carbocycles. The lowest BCUT2D eigenvalue weighted by Gasteiger charge is -2.35. The van der Waals surface area contributed by atoms with Gasteiger partial charge in [0.1, 0.15) is 5.82 Å². The molecule has 2 heterocycles. The number of halogens is 2. The largest absolute Gasteiger partial charge is 0.385 e. The van der Waals surface area contributed by atoms with Crippen LogP contribution in [0.1, 0.15) is 18.9 Å². The first-order valence-electron chi connectivity index (χ1n) is 10.7. The maximum Gasteiger partial charge on any atom is 0.137 e. The number of benzene rings is 2. The second kappa shape index (κ2) is 12.3. The fourth-order valence-corrected chi connectivity index (χ4v) is 4.11. The van der Waals surface area contributed by atoms with Crippen molar-refractivity contribution in [3.05, 3.63) is 60.2 Å². The van der Waals surface area contributed by atoms with Gasteiger partial charge in [-0.2, -0.15) is 0 Å². The van der Waals surface area contributed by atoms with E-state index in [9.17, 15) is 0 Å². The van der Waals surface area contributed by atoms with Crippen molar-refractivity contribution < 1.29 is 4.74 Å². The Bertz CT molecular complexity index is 941. The van der Waals surface area contributed by atoms with E-state index in [2.05, 4.69) is 71.3 Å². The van der Waals surface area contributed by atoms with Crippen LogP contribution < -0.4 is 4.90 Å². The summed E-state index contributed by atoms with van der Waals surface area (Å²) in [6.07, 6.45) is 2.10. The molecule has 0 N–H and O–H groups in total. The van der Waals surface area contributed by atoms with Crippen molar-refractivity contribution in [2.24, 2.45) is 0 Å². The summed E-state index contributed by atoms with van der Waals surface area (Å²) < 4.78 is 5.16. The molecule has 6 heteroatoms. The molecule has 0 unspecified atom stereocenters. The van der Waals surface area contributed by atoms with Gasteiger partial charge < -0.3 is 14.5 Å². The monoisotopic (exact) mass is 461 g/mol. The molecule has 3 aromatic rings. The summed E-state index contributed by atoms with van der Waals surface area (Å²) in [6, 6.07) is 19.7. The van der Waals surface area contributed by atoms with Crippen molar-refractivity contribution in [2.75, 3.05) is 51.3 Å². The standard InChI is InChI=1S/C25H31N3O.2ClH/c1-3-27-14-16-28(17-15-27)25-23-9-5-4-8-22(23)19-24(26-25)21-12-10-20(11-13-21)7-6-18-29-2;;/h4-5,8-13,19H,3,6-7,14-18H2,1-2H3;2*1H. The lowest BCUT2D eigenvalue weighted by molar-refractivity contribution is 0.195. The third kappa shape index (κ3) is 6.11. The summed E-state index contributed by atoms with van der Waals surface area (Å²) in [5, 5.41) is 2.51. The highest BCUT2D eigenvalue weighted by Crippen LogP contribution is 2.30. The van der Waals surface area contributed by atoms with E-state index in [4.69, 9.17) is 9.72 Å². The number of likely N-dealkylation sites (N-methyl/N-ethyl adjacent to an activating group) is 1. The van der Waals surface area contributed by atoms with Crippen molar-refractivity contribution in [1.29, 1.82) is 0 Å². The molecule has 1 fully saturated rings. The molecule has 0 spiro atoms. The Hall–Kier alpha value is -1.85. The minimum Gasteiger partial charge on any atom is -0.385 e. The highest BCUT2D eigenvalue weighted by Gasteiger charge is 2.19. The van der Waals surface area contributed by atoms with Crippen LogP contribution in [0.3, 0.4) is 0 Å². The lowest BCUT2D eigenvalue weighted by Crippen LogP contribution is -2.46. The van der Waals surface area contributed by atoms with Crippen LogP contribution >= 0.6 is 24.8 Å². The van der Waals surface area contributed by atoms with Gasteiger partial charge in [-0.15, -0.1) is 24.8 Å². The number of fused-ring (bicyclic) bond motifs is 1. The SMILES string of the molecule is CCN1CCN(c2nc(-c3ccc(CCCOC)cc3)cc3ccccc23)CC1.Cl.Cl. The van der Waals surface area contributed by atoms with Crippen LogP contribution in [-0.4, -0.2) is 56.3 Å². The zero-order valence-electron chi connectivity index (χ0n) is 18.4. The first-order valence-corrected chi connectivity index (χ1v) is 10.7. The van der Waals surface area contributed by atoms with E-state index < -0.39 is 0 Å². The van der Waals surface area contributed by atoms with Gasteiger partial charge in [0.05, 0.1) is 5.69 Å². The molecular formula is C25H33Cl2N3O. The Morgan fingerprint density at radius 3 is 2.32 bits per heavy atom. The molecular weight excluding hydrogens is 429 g/mol. The fourth-order valence-electron chi connectivity index (χ4n) is 4.11. The number of rotatable bonds is 7. The third-order valence-corrected chi connectivity index (χ3v) is 5.90. The Balaban J connectivity index is 0.00000171.